The summed E-state index contributed by atoms with van der Waals surface area (Å²) in [4.78, 5) is 26.6. The molecule has 0 aromatic carbocycles. The van der Waals surface area contributed by atoms with Gasteiger partial charge in [-0.05, 0) is 32.3 Å². The van der Waals surface area contributed by atoms with E-state index in [4.69, 9.17) is 0 Å². The highest BCUT2D eigenvalue weighted by Gasteiger charge is 2.34. The average molecular weight is 284 g/mol. The van der Waals surface area contributed by atoms with Gasteiger partial charge < -0.3 is 9.88 Å². The van der Waals surface area contributed by atoms with Gasteiger partial charge in [-0.3, -0.25) is 9.78 Å². The lowest BCUT2D eigenvalue weighted by molar-refractivity contribution is -0.137. The number of aromatic amines is 1. The van der Waals surface area contributed by atoms with Crippen molar-refractivity contribution in [3.05, 3.63) is 23.7 Å². The Morgan fingerprint density at radius 1 is 1.38 bits per heavy atom. The van der Waals surface area contributed by atoms with Gasteiger partial charge in [0.15, 0.2) is 5.65 Å². The molecule has 0 bridgehead atoms. The molecule has 1 aliphatic carbocycles. The maximum atomic E-state index is 12.3. The fraction of sp³-hybridized carbons (Fsp3) is 0.562. The predicted octanol–water partition coefficient (Wildman–Crippen LogP) is 2.38. The maximum Gasteiger partial charge on any atom is 0.225 e. The molecule has 1 aliphatic heterocycles. The number of fused-ring (bicyclic) bond motifs is 1. The Balaban J connectivity index is 1.52. The van der Waals surface area contributed by atoms with Gasteiger partial charge in [0, 0.05) is 36.8 Å². The summed E-state index contributed by atoms with van der Waals surface area (Å²) in [6.07, 6.45) is 6.21. The molecule has 2 fully saturated rings. The van der Waals surface area contributed by atoms with Crippen LogP contribution in [-0.4, -0.2) is 38.8 Å². The standard InChI is InChI=1S/C16H20N4O/c1-10-8-17-14-7-13(19-15(14)18-10)12-5-6-20(9-12)16(21)11-3-2-4-11/h7-8,11-12H,2-6,9H2,1H3,(H,18,19)/t12-/m0/s1. The largest absolute Gasteiger partial charge is 0.342 e. The van der Waals surface area contributed by atoms with E-state index < -0.39 is 0 Å². The van der Waals surface area contributed by atoms with E-state index >= 15 is 0 Å². The van der Waals surface area contributed by atoms with Gasteiger partial charge in [-0.15, -0.1) is 0 Å². The van der Waals surface area contributed by atoms with Crippen LogP contribution in [0.5, 0.6) is 0 Å². The fourth-order valence-corrected chi connectivity index (χ4v) is 3.35. The summed E-state index contributed by atoms with van der Waals surface area (Å²) in [6, 6.07) is 2.09. The summed E-state index contributed by atoms with van der Waals surface area (Å²) >= 11 is 0. The number of H-pyrrole nitrogens is 1. The molecule has 2 aliphatic rings. The molecule has 0 unspecified atom stereocenters. The molecule has 1 N–H and O–H groups in total. The highest BCUT2D eigenvalue weighted by Crippen LogP contribution is 2.33. The number of aryl methyl sites for hydroxylation is 1. The monoisotopic (exact) mass is 284 g/mol. The highest BCUT2D eigenvalue weighted by atomic mass is 16.2. The van der Waals surface area contributed by atoms with Crippen LogP contribution in [0.3, 0.4) is 0 Å². The van der Waals surface area contributed by atoms with Gasteiger partial charge in [0.05, 0.1) is 5.69 Å². The molecule has 4 rings (SSSR count). The van der Waals surface area contributed by atoms with E-state index in [1.807, 2.05) is 11.8 Å². The van der Waals surface area contributed by atoms with E-state index in [9.17, 15) is 4.79 Å². The summed E-state index contributed by atoms with van der Waals surface area (Å²) in [7, 11) is 0. The second-order valence-corrected chi connectivity index (χ2v) is 6.37. The first kappa shape index (κ1) is 12.8. The van der Waals surface area contributed by atoms with Gasteiger partial charge >= 0.3 is 0 Å². The second-order valence-electron chi connectivity index (χ2n) is 6.37. The number of aromatic nitrogens is 3. The number of carbonyl (C=O) groups is 1. The molecule has 1 saturated heterocycles. The lowest BCUT2D eigenvalue weighted by atomic mass is 9.84. The summed E-state index contributed by atoms with van der Waals surface area (Å²) < 4.78 is 0. The molecule has 0 spiro atoms. The number of nitrogens with one attached hydrogen (secondary N) is 1. The first-order chi connectivity index (χ1) is 10.2. The fourth-order valence-electron chi connectivity index (χ4n) is 3.35. The average Bonchev–Trinajstić information content (AvgIpc) is 3.01. The predicted molar refractivity (Wildman–Crippen MR) is 79.9 cm³/mol. The van der Waals surface area contributed by atoms with Crippen LogP contribution in [-0.2, 0) is 4.79 Å². The summed E-state index contributed by atoms with van der Waals surface area (Å²) in [6.45, 7) is 3.66. The minimum Gasteiger partial charge on any atom is -0.342 e. The van der Waals surface area contributed by atoms with Crippen molar-refractivity contribution in [1.29, 1.82) is 0 Å². The molecule has 0 radical (unpaired) electrons. The molecular formula is C16H20N4O. The normalized spacial score (nSPS) is 22.7. The van der Waals surface area contributed by atoms with Gasteiger partial charge in [0.1, 0.15) is 5.52 Å². The van der Waals surface area contributed by atoms with Crippen LogP contribution in [0.2, 0.25) is 0 Å². The van der Waals surface area contributed by atoms with E-state index in [-0.39, 0.29) is 0 Å². The van der Waals surface area contributed by atoms with E-state index in [1.165, 1.54) is 12.1 Å². The molecule has 1 atom stereocenters. The molecule has 2 aromatic heterocycles. The first-order valence-corrected chi connectivity index (χ1v) is 7.82. The van der Waals surface area contributed by atoms with Crippen LogP contribution in [0.25, 0.3) is 11.2 Å². The third-order valence-electron chi connectivity index (χ3n) is 4.87. The third kappa shape index (κ3) is 2.20. The van der Waals surface area contributed by atoms with Crippen molar-refractivity contribution < 1.29 is 4.79 Å². The van der Waals surface area contributed by atoms with Crippen LogP contribution < -0.4 is 0 Å². The van der Waals surface area contributed by atoms with Gasteiger partial charge in [-0.2, -0.15) is 0 Å². The Hall–Kier alpha value is -1.91. The number of carbonyl (C=O) groups excluding carboxylic acids is 1. The highest BCUT2D eigenvalue weighted by molar-refractivity contribution is 5.80. The Kier molecular flexibility index (Phi) is 2.94. The van der Waals surface area contributed by atoms with Crippen LogP contribution in [0, 0.1) is 12.8 Å². The van der Waals surface area contributed by atoms with Gasteiger partial charge in [0.25, 0.3) is 0 Å². The van der Waals surface area contributed by atoms with Gasteiger partial charge in [0.2, 0.25) is 5.91 Å². The second kappa shape index (κ2) is 4.83. The van der Waals surface area contributed by atoms with Crippen LogP contribution in [0.15, 0.2) is 12.3 Å². The molecule has 1 saturated carbocycles. The summed E-state index contributed by atoms with van der Waals surface area (Å²) in [5.74, 6) is 1.06. The zero-order chi connectivity index (χ0) is 14.4. The van der Waals surface area contributed by atoms with Crippen molar-refractivity contribution in [2.75, 3.05) is 13.1 Å². The molecule has 5 nitrogen and oxygen atoms in total. The Labute approximate surface area is 123 Å². The van der Waals surface area contributed by atoms with Crippen molar-refractivity contribution >= 4 is 17.1 Å². The lowest BCUT2D eigenvalue weighted by Gasteiger charge is -2.29. The number of hydrogen-bond donors (Lipinski definition) is 1. The van der Waals surface area contributed by atoms with Crippen LogP contribution >= 0.6 is 0 Å². The Morgan fingerprint density at radius 2 is 2.24 bits per heavy atom. The van der Waals surface area contributed by atoms with Crippen molar-refractivity contribution in [3.63, 3.8) is 0 Å². The van der Waals surface area contributed by atoms with E-state index in [1.54, 1.807) is 6.20 Å². The van der Waals surface area contributed by atoms with Crippen molar-refractivity contribution in [1.82, 2.24) is 19.9 Å². The lowest BCUT2D eigenvalue weighted by Crippen LogP contribution is -2.37. The van der Waals surface area contributed by atoms with Crippen molar-refractivity contribution in [2.45, 2.75) is 38.5 Å². The van der Waals surface area contributed by atoms with E-state index in [2.05, 4.69) is 21.0 Å². The number of rotatable bonds is 2. The molecule has 21 heavy (non-hydrogen) atoms. The van der Waals surface area contributed by atoms with Crippen LogP contribution in [0.1, 0.15) is 43.0 Å². The van der Waals surface area contributed by atoms with Crippen LogP contribution in [0.4, 0.5) is 0 Å². The van der Waals surface area contributed by atoms with E-state index in [0.29, 0.717) is 17.7 Å². The smallest absolute Gasteiger partial charge is 0.225 e. The number of amides is 1. The molecule has 1 amide bonds. The molecule has 110 valence electrons. The summed E-state index contributed by atoms with van der Waals surface area (Å²) in [5.41, 5.74) is 3.86. The van der Waals surface area contributed by atoms with Gasteiger partial charge in [-0.25, -0.2) is 4.98 Å². The number of hydrogen-bond acceptors (Lipinski definition) is 3. The molecular weight excluding hydrogens is 264 g/mol. The molecule has 3 heterocycles. The van der Waals surface area contributed by atoms with Gasteiger partial charge in [-0.1, -0.05) is 6.42 Å². The van der Waals surface area contributed by atoms with Crippen molar-refractivity contribution in [2.24, 2.45) is 5.92 Å². The Morgan fingerprint density at radius 3 is 3.00 bits per heavy atom. The quantitative estimate of drug-likeness (QED) is 0.921. The van der Waals surface area contributed by atoms with E-state index in [0.717, 1.165) is 49.2 Å². The SMILES string of the molecule is Cc1cnc2cc([C@H]3CCN(C(=O)C4CCC4)C3)[nH]c2n1. The number of likely N-dealkylation sites (tertiary alicyclic amines) is 1. The maximum absolute atomic E-state index is 12.3. The number of nitrogens with zero attached hydrogens (tertiary/aromatic N) is 3. The third-order valence-corrected chi connectivity index (χ3v) is 4.87. The molecule has 5 heteroatoms. The zero-order valence-corrected chi connectivity index (χ0v) is 12.3. The van der Waals surface area contributed by atoms with Crippen molar-refractivity contribution in [3.8, 4) is 0 Å². The summed E-state index contributed by atoms with van der Waals surface area (Å²) in [5, 5.41) is 0. The molecule has 2 aromatic rings. The minimum absolute atomic E-state index is 0.303. The first-order valence-electron chi connectivity index (χ1n) is 7.82. The Bertz CT molecular complexity index is 689. The zero-order valence-electron chi connectivity index (χ0n) is 12.3. The topological polar surface area (TPSA) is 61.9 Å². The minimum atomic E-state index is 0.303.